The van der Waals surface area contributed by atoms with Gasteiger partial charge in [0.15, 0.2) is 0 Å². The number of hydrogen-bond acceptors (Lipinski definition) is 7. The van der Waals surface area contributed by atoms with E-state index in [1.807, 2.05) is 13.8 Å². The van der Waals surface area contributed by atoms with Gasteiger partial charge in [-0.2, -0.15) is 4.98 Å². The number of carbonyl (C=O) groups is 1. The van der Waals surface area contributed by atoms with E-state index in [4.69, 9.17) is 10.5 Å². The lowest BCUT2D eigenvalue weighted by Gasteiger charge is -2.12. The largest absolute Gasteiger partial charge is 0.473 e. The Hall–Kier alpha value is -1.50. The van der Waals surface area contributed by atoms with Crippen molar-refractivity contribution in [3.8, 4) is 5.88 Å². The van der Waals surface area contributed by atoms with Crippen LogP contribution < -0.4 is 10.5 Å². The van der Waals surface area contributed by atoms with Gasteiger partial charge in [0, 0.05) is 0 Å². The van der Waals surface area contributed by atoms with Gasteiger partial charge in [-0.25, -0.2) is 4.98 Å². The highest BCUT2D eigenvalue weighted by atomic mass is 32.2. The molecule has 1 rings (SSSR count). The summed E-state index contributed by atoms with van der Waals surface area (Å²) >= 11 is 1.19. The van der Waals surface area contributed by atoms with E-state index < -0.39 is 0 Å². The van der Waals surface area contributed by atoms with E-state index in [9.17, 15) is 4.79 Å². The number of ether oxygens (including phenoxy) is 2. The van der Waals surface area contributed by atoms with Crippen LogP contribution in [0.5, 0.6) is 5.88 Å². The summed E-state index contributed by atoms with van der Waals surface area (Å²) in [7, 11) is 1.33. The van der Waals surface area contributed by atoms with Crippen LogP contribution in [0, 0.1) is 0 Å². The minimum absolute atomic E-state index is 0.0225. The number of hydrogen-bond donors (Lipinski definition) is 1. The zero-order chi connectivity index (χ0) is 12.8. The Bertz CT molecular complexity index is 398. The lowest BCUT2D eigenvalue weighted by Crippen LogP contribution is -2.10. The normalized spacial score (nSPS) is 10.4. The Kier molecular flexibility index (Phi) is 5.02. The standard InChI is InChI=1S/C10H15N3O3S/c1-6(2)16-9-8(11)10(13-5-12-9)17-4-7(14)15-3/h5-6H,4,11H2,1-3H3. The molecule has 0 aliphatic heterocycles. The van der Waals surface area contributed by atoms with E-state index >= 15 is 0 Å². The first-order chi connectivity index (χ1) is 8.04. The number of anilines is 1. The summed E-state index contributed by atoms with van der Waals surface area (Å²) in [5.41, 5.74) is 6.18. The van der Waals surface area contributed by atoms with Crippen LogP contribution in [-0.4, -0.2) is 34.9 Å². The highest BCUT2D eigenvalue weighted by Gasteiger charge is 2.12. The number of rotatable bonds is 5. The number of nitrogens with zero attached hydrogens (tertiary/aromatic N) is 2. The molecule has 0 atom stereocenters. The molecule has 0 fully saturated rings. The average Bonchev–Trinajstić information content (AvgIpc) is 2.29. The van der Waals surface area contributed by atoms with Gasteiger partial charge in [-0.15, -0.1) is 0 Å². The third kappa shape index (κ3) is 4.10. The van der Waals surface area contributed by atoms with Gasteiger partial charge in [-0.3, -0.25) is 4.79 Å². The smallest absolute Gasteiger partial charge is 0.316 e. The fourth-order valence-corrected chi connectivity index (χ4v) is 1.72. The molecule has 17 heavy (non-hydrogen) atoms. The molecule has 0 radical (unpaired) electrons. The van der Waals surface area contributed by atoms with Crippen LogP contribution in [-0.2, 0) is 9.53 Å². The molecule has 0 spiro atoms. The van der Waals surface area contributed by atoms with Crippen molar-refractivity contribution in [2.75, 3.05) is 18.6 Å². The molecular weight excluding hydrogens is 242 g/mol. The topological polar surface area (TPSA) is 87.3 Å². The van der Waals surface area contributed by atoms with Crippen molar-refractivity contribution in [1.82, 2.24) is 9.97 Å². The van der Waals surface area contributed by atoms with E-state index in [1.54, 1.807) is 0 Å². The quantitative estimate of drug-likeness (QED) is 0.480. The monoisotopic (exact) mass is 257 g/mol. The van der Waals surface area contributed by atoms with Gasteiger partial charge in [0.1, 0.15) is 17.0 Å². The summed E-state index contributed by atoms with van der Waals surface area (Å²) in [4.78, 5) is 18.9. The van der Waals surface area contributed by atoms with Crippen molar-refractivity contribution in [2.45, 2.75) is 25.0 Å². The molecule has 0 unspecified atom stereocenters. The molecule has 0 aliphatic rings. The lowest BCUT2D eigenvalue weighted by molar-refractivity contribution is -0.137. The van der Waals surface area contributed by atoms with Gasteiger partial charge in [0.25, 0.3) is 0 Å². The third-order valence-corrected chi connectivity index (χ3v) is 2.69. The molecular formula is C10H15N3O3S. The van der Waals surface area contributed by atoms with Crippen molar-refractivity contribution < 1.29 is 14.3 Å². The average molecular weight is 257 g/mol. The summed E-state index contributed by atoms with van der Waals surface area (Å²) in [6.07, 6.45) is 1.33. The number of thioether (sulfide) groups is 1. The minimum atomic E-state index is -0.334. The maximum Gasteiger partial charge on any atom is 0.316 e. The van der Waals surface area contributed by atoms with Crippen molar-refractivity contribution in [3.63, 3.8) is 0 Å². The number of esters is 1. The zero-order valence-electron chi connectivity index (χ0n) is 9.97. The molecule has 0 saturated carbocycles. The molecule has 2 N–H and O–H groups in total. The van der Waals surface area contributed by atoms with Crippen molar-refractivity contribution in [3.05, 3.63) is 6.33 Å². The van der Waals surface area contributed by atoms with Gasteiger partial charge in [0.05, 0.1) is 19.0 Å². The zero-order valence-corrected chi connectivity index (χ0v) is 10.8. The molecule has 0 aromatic carbocycles. The summed E-state index contributed by atoms with van der Waals surface area (Å²) < 4.78 is 9.94. The number of carbonyl (C=O) groups excluding carboxylic acids is 1. The molecule has 6 nitrogen and oxygen atoms in total. The Labute approximate surface area is 104 Å². The highest BCUT2D eigenvalue weighted by molar-refractivity contribution is 8.00. The first-order valence-corrected chi connectivity index (χ1v) is 6.00. The summed E-state index contributed by atoms with van der Waals surface area (Å²) in [5, 5.41) is 0.515. The van der Waals surface area contributed by atoms with Crippen LogP contribution in [0.25, 0.3) is 0 Å². The summed E-state index contributed by atoms with van der Waals surface area (Å²) in [6.45, 7) is 3.76. The second-order valence-corrected chi connectivity index (χ2v) is 4.39. The molecule has 1 heterocycles. The van der Waals surface area contributed by atoms with Crippen LogP contribution in [0.15, 0.2) is 11.4 Å². The molecule has 0 saturated heterocycles. The SMILES string of the molecule is COC(=O)CSc1ncnc(OC(C)C)c1N. The number of nitrogen functional groups attached to an aromatic ring is 1. The first kappa shape index (κ1) is 13.6. The Morgan fingerprint density at radius 1 is 1.53 bits per heavy atom. The predicted octanol–water partition coefficient (Wildman–Crippen LogP) is 1.11. The van der Waals surface area contributed by atoms with Crippen LogP contribution in [0.3, 0.4) is 0 Å². The number of nitrogens with two attached hydrogens (primary N) is 1. The van der Waals surface area contributed by atoms with Gasteiger partial charge in [-0.1, -0.05) is 11.8 Å². The van der Waals surface area contributed by atoms with Crippen LogP contribution in [0.1, 0.15) is 13.8 Å². The molecule has 94 valence electrons. The Balaban J connectivity index is 2.76. The second kappa shape index (κ2) is 6.29. The van der Waals surface area contributed by atoms with Crippen LogP contribution in [0.2, 0.25) is 0 Å². The predicted molar refractivity (Wildman–Crippen MR) is 64.9 cm³/mol. The van der Waals surface area contributed by atoms with Gasteiger partial charge in [-0.05, 0) is 13.8 Å². The van der Waals surface area contributed by atoms with E-state index in [0.717, 1.165) is 0 Å². The molecule has 0 aliphatic carbocycles. The van der Waals surface area contributed by atoms with Crippen LogP contribution in [0.4, 0.5) is 5.69 Å². The molecule has 1 aromatic heterocycles. The maximum atomic E-state index is 11.0. The van der Waals surface area contributed by atoms with Crippen LogP contribution >= 0.6 is 11.8 Å². The first-order valence-electron chi connectivity index (χ1n) is 5.01. The summed E-state index contributed by atoms with van der Waals surface area (Å²) in [6, 6.07) is 0. The molecule has 7 heteroatoms. The van der Waals surface area contributed by atoms with E-state index in [0.29, 0.717) is 16.6 Å². The third-order valence-electron chi connectivity index (χ3n) is 1.71. The van der Waals surface area contributed by atoms with Gasteiger partial charge >= 0.3 is 5.97 Å². The number of methoxy groups -OCH3 is 1. The van der Waals surface area contributed by atoms with E-state index in [2.05, 4.69) is 14.7 Å². The van der Waals surface area contributed by atoms with Gasteiger partial charge < -0.3 is 15.2 Å². The Morgan fingerprint density at radius 2 is 2.24 bits per heavy atom. The van der Waals surface area contributed by atoms with Crippen molar-refractivity contribution in [1.29, 1.82) is 0 Å². The fourth-order valence-electron chi connectivity index (χ4n) is 0.983. The molecule has 1 aromatic rings. The lowest BCUT2D eigenvalue weighted by atomic mass is 10.4. The highest BCUT2D eigenvalue weighted by Crippen LogP contribution is 2.29. The molecule has 0 bridgehead atoms. The van der Waals surface area contributed by atoms with E-state index in [-0.39, 0.29) is 17.8 Å². The minimum Gasteiger partial charge on any atom is -0.473 e. The fraction of sp³-hybridized carbons (Fsp3) is 0.500. The van der Waals surface area contributed by atoms with Crippen molar-refractivity contribution >= 4 is 23.4 Å². The maximum absolute atomic E-state index is 11.0. The number of aromatic nitrogens is 2. The van der Waals surface area contributed by atoms with Crippen molar-refractivity contribution in [2.24, 2.45) is 0 Å². The second-order valence-electron chi connectivity index (χ2n) is 3.43. The summed E-state index contributed by atoms with van der Waals surface area (Å²) in [5.74, 6) is 0.153. The van der Waals surface area contributed by atoms with E-state index in [1.165, 1.54) is 25.2 Å². The Morgan fingerprint density at radius 3 is 2.82 bits per heavy atom. The van der Waals surface area contributed by atoms with Gasteiger partial charge in [0.2, 0.25) is 5.88 Å². The molecule has 0 amide bonds.